The molecule has 2 rings (SSSR count). The molecule has 1 aromatic heterocycles. The third-order valence-corrected chi connectivity index (χ3v) is 4.67. The molecule has 0 saturated carbocycles. The summed E-state index contributed by atoms with van der Waals surface area (Å²) in [5, 5.41) is 11.7. The molecule has 1 N–H and O–H groups in total. The summed E-state index contributed by atoms with van der Waals surface area (Å²) in [5.41, 5.74) is 2.16. The molecule has 0 bridgehead atoms. The predicted molar refractivity (Wildman–Crippen MR) is 72.7 cm³/mol. The zero-order valence-electron chi connectivity index (χ0n) is 10.4. The summed E-state index contributed by atoms with van der Waals surface area (Å²) in [6, 6.07) is 3.17. The number of benzene rings is 1. The number of aromatic nitrogens is 1. The van der Waals surface area contributed by atoms with Crippen LogP contribution in [0.3, 0.4) is 0 Å². The maximum Gasteiger partial charge on any atom is 0.154 e. The van der Waals surface area contributed by atoms with Gasteiger partial charge in [0.05, 0.1) is 6.10 Å². The minimum Gasteiger partial charge on any atom is -0.389 e. The van der Waals surface area contributed by atoms with Gasteiger partial charge in [0.1, 0.15) is 5.82 Å². The molecule has 0 aliphatic carbocycles. The van der Waals surface area contributed by atoms with Crippen molar-refractivity contribution in [3.05, 3.63) is 40.2 Å². The lowest BCUT2D eigenvalue weighted by Crippen LogP contribution is -1.97. The molecule has 0 aliphatic rings. The first kappa shape index (κ1) is 13.5. The monoisotopic (exact) mass is 283 g/mol. The molecule has 2 nitrogen and oxygen atoms in total. The van der Waals surface area contributed by atoms with Gasteiger partial charge in [0, 0.05) is 16.0 Å². The van der Waals surface area contributed by atoms with Gasteiger partial charge >= 0.3 is 0 Å². The SMILES string of the molecule is Cc1csc(Sc2cc(C)c(F)cc2[C@H](C)O)n1. The van der Waals surface area contributed by atoms with Crippen molar-refractivity contribution in [2.24, 2.45) is 0 Å². The molecular formula is C13H14FNOS2. The highest BCUT2D eigenvalue weighted by molar-refractivity contribution is 8.01. The van der Waals surface area contributed by atoms with Crippen LogP contribution in [0.25, 0.3) is 0 Å². The van der Waals surface area contributed by atoms with Gasteiger partial charge in [-0.1, -0.05) is 11.8 Å². The Balaban J connectivity index is 2.39. The molecule has 96 valence electrons. The van der Waals surface area contributed by atoms with E-state index in [2.05, 4.69) is 4.98 Å². The quantitative estimate of drug-likeness (QED) is 0.920. The van der Waals surface area contributed by atoms with E-state index in [-0.39, 0.29) is 5.82 Å². The average molecular weight is 283 g/mol. The molecule has 2 aromatic rings. The Kier molecular flexibility index (Phi) is 4.04. The zero-order valence-corrected chi connectivity index (χ0v) is 12.0. The summed E-state index contributed by atoms with van der Waals surface area (Å²) >= 11 is 3.02. The van der Waals surface area contributed by atoms with Crippen molar-refractivity contribution < 1.29 is 9.50 Å². The Morgan fingerprint density at radius 1 is 1.39 bits per heavy atom. The Morgan fingerprint density at radius 3 is 2.67 bits per heavy atom. The van der Waals surface area contributed by atoms with Gasteiger partial charge in [-0.15, -0.1) is 11.3 Å². The van der Waals surface area contributed by atoms with E-state index in [0.29, 0.717) is 11.1 Å². The fourth-order valence-corrected chi connectivity index (χ4v) is 3.65. The van der Waals surface area contributed by atoms with Crippen LogP contribution < -0.4 is 0 Å². The van der Waals surface area contributed by atoms with Crippen LogP contribution in [-0.4, -0.2) is 10.1 Å². The number of aliphatic hydroxyl groups excluding tert-OH is 1. The van der Waals surface area contributed by atoms with Crippen molar-refractivity contribution in [3.63, 3.8) is 0 Å². The summed E-state index contributed by atoms with van der Waals surface area (Å²) < 4.78 is 14.4. The fourth-order valence-electron chi connectivity index (χ4n) is 1.56. The highest BCUT2D eigenvalue weighted by Gasteiger charge is 2.14. The molecule has 0 aliphatic heterocycles. The van der Waals surface area contributed by atoms with Crippen molar-refractivity contribution in [3.8, 4) is 0 Å². The normalized spacial score (nSPS) is 12.7. The second-order valence-electron chi connectivity index (χ2n) is 4.17. The number of thiazole rings is 1. The molecular weight excluding hydrogens is 269 g/mol. The van der Waals surface area contributed by atoms with Gasteiger partial charge in [-0.3, -0.25) is 0 Å². The van der Waals surface area contributed by atoms with Gasteiger partial charge in [-0.2, -0.15) is 0 Å². The highest BCUT2D eigenvalue weighted by Crippen LogP contribution is 2.36. The first-order valence-electron chi connectivity index (χ1n) is 5.55. The smallest absolute Gasteiger partial charge is 0.154 e. The maximum absolute atomic E-state index is 13.5. The van der Waals surface area contributed by atoms with E-state index in [1.165, 1.54) is 17.8 Å². The van der Waals surface area contributed by atoms with E-state index in [9.17, 15) is 9.50 Å². The Labute approximate surface area is 114 Å². The number of hydrogen-bond acceptors (Lipinski definition) is 4. The number of halogens is 1. The van der Waals surface area contributed by atoms with Crippen LogP contribution in [0.4, 0.5) is 4.39 Å². The Hall–Kier alpha value is -0.910. The molecule has 1 atom stereocenters. The van der Waals surface area contributed by atoms with Gasteiger partial charge in [0.15, 0.2) is 4.34 Å². The number of rotatable bonds is 3. The standard InChI is InChI=1S/C13H14FNOS2/c1-7-4-12(10(9(3)16)5-11(7)14)18-13-15-8(2)6-17-13/h4-6,9,16H,1-3H3/t9-/m0/s1. The molecule has 5 heteroatoms. The van der Waals surface area contributed by atoms with E-state index in [0.717, 1.165) is 14.9 Å². The van der Waals surface area contributed by atoms with Crippen LogP contribution in [0.1, 0.15) is 29.8 Å². The number of hydrogen-bond donors (Lipinski definition) is 1. The van der Waals surface area contributed by atoms with Crippen LogP contribution in [0.5, 0.6) is 0 Å². The topological polar surface area (TPSA) is 33.1 Å². The third kappa shape index (κ3) is 2.91. The number of aryl methyl sites for hydroxylation is 2. The van der Waals surface area contributed by atoms with Crippen molar-refractivity contribution in [1.29, 1.82) is 0 Å². The van der Waals surface area contributed by atoms with Crippen molar-refractivity contribution in [2.75, 3.05) is 0 Å². The molecule has 0 spiro atoms. The van der Waals surface area contributed by atoms with Gasteiger partial charge < -0.3 is 5.11 Å². The minimum absolute atomic E-state index is 0.287. The van der Waals surface area contributed by atoms with Gasteiger partial charge in [-0.05, 0) is 44.0 Å². The summed E-state index contributed by atoms with van der Waals surface area (Å²) in [6.45, 7) is 5.30. The lowest BCUT2D eigenvalue weighted by Gasteiger charge is -2.12. The lowest BCUT2D eigenvalue weighted by molar-refractivity contribution is 0.196. The predicted octanol–water partition coefficient (Wildman–Crippen LogP) is 4.10. The molecule has 0 fully saturated rings. The number of nitrogens with zero attached hydrogens (tertiary/aromatic N) is 1. The van der Waals surface area contributed by atoms with Crippen molar-refractivity contribution in [2.45, 2.75) is 36.1 Å². The van der Waals surface area contributed by atoms with Crippen molar-refractivity contribution >= 4 is 23.1 Å². The van der Waals surface area contributed by atoms with E-state index in [1.54, 1.807) is 31.3 Å². The van der Waals surface area contributed by atoms with Crippen LogP contribution in [-0.2, 0) is 0 Å². The minimum atomic E-state index is -0.691. The van der Waals surface area contributed by atoms with Crippen molar-refractivity contribution in [1.82, 2.24) is 4.98 Å². The van der Waals surface area contributed by atoms with Crippen LogP contribution in [0.15, 0.2) is 26.7 Å². The maximum atomic E-state index is 13.5. The Morgan fingerprint density at radius 2 is 2.11 bits per heavy atom. The third-order valence-electron chi connectivity index (χ3n) is 2.54. The molecule has 1 aromatic carbocycles. The summed E-state index contributed by atoms with van der Waals surface area (Å²) in [4.78, 5) is 5.22. The average Bonchev–Trinajstić information content (AvgIpc) is 2.68. The first-order chi connectivity index (χ1) is 8.47. The highest BCUT2D eigenvalue weighted by atomic mass is 32.2. The summed E-state index contributed by atoms with van der Waals surface area (Å²) in [5.74, 6) is -0.287. The zero-order chi connectivity index (χ0) is 13.3. The van der Waals surface area contributed by atoms with Crippen LogP contribution in [0, 0.1) is 19.7 Å². The molecule has 0 saturated heterocycles. The lowest BCUT2D eigenvalue weighted by atomic mass is 10.1. The van der Waals surface area contributed by atoms with E-state index in [1.807, 2.05) is 12.3 Å². The molecule has 1 heterocycles. The molecule has 18 heavy (non-hydrogen) atoms. The molecule has 0 radical (unpaired) electrons. The van der Waals surface area contributed by atoms with Gasteiger partial charge in [0.2, 0.25) is 0 Å². The van der Waals surface area contributed by atoms with Gasteiger partial charge in [0.25, 0.3) is 0 Å². The van der Waals surface area contributed by atoms with E-state index >= 15 is 0 Å². The second kappa shape index (κ2) is 5.38. The van der Waals surface area contributed by atoms with Gasteiger partial charge in [-0.25, -0.2) is 9.37 Å². The molecule has 0 unspecified atom stereocenters. The largest absolute Gasteiger partial charge is 0.389 e. The summed E-state index contributed by atoms with van der Waals surface area (Å²) in [6.07, 6.45) is -0.691. The second-order valence-corrected chi connectivity index (χ2v) is 6.32. The fraction of sp³-hybridized carbons (Fsp3) is 0.308. The first-order valence-corrected chi connectivity index (χ1v) is 7.25. The Bertz CT molecular complexity index is 566. The molecule has 0 amide bonds. The summed E-state index contributed by atoms with van der Waals surface area (Å²) in [7, 11) is 0. The van der Waals surface area contributed by atoms with Crippen LogP contribution in [0.2, 0.25) is 0 Å². The van der Waals surface area contributed by atoms with Crippen LogP contribution >= 0.6 is 23.1 Å². The van der Waals surface area contributed by atoms with E-state index < -0.39 is 6.10 Å². The van der Waals surface area contributed by atoms with E-state index in [4.69, 9.17) is 0 Å². The number of aliphatic hydroxyl groups is 1.